The maximum Gasteiger partial charge on any atom is 0.410 e. The first-order valence-electron chi connectivity index (χ1n) is 10.4. The van der Waals surface area contributed by atoms with Gasteiger partial charge in [0.25, 0.3) is 5.91 Å². The Morgan fingerprint density at radius 1 is 1.10 bits per heavy atom. The van der Waals surface area contributed by atoms with E-state index in [1.807, 2.05) is 55.8 Å². The second kappa shape index (κ2) is 9.75. The van der Waals surface area contributed by atoms with E-state index in [4.69, 9.17) is 4.74 Å². The molecule has 2 heterocycles. The van der Waals surface area contributed by atoms with E-state index in [1.165, 1.54) is 0 Å². The van der Waals surface area contributed by atoms with Crippen LogP contribution in [0.4, 0.5) is 4.79 Å². The van der Waals surface area contributed by atoms with Crippen molar-refractivity contribution >= 4 is 12.0 Å². The lowest BCUT2D eigenvalue weighted by atomic mass is 10.2. The topological polar surface area (TPSA) is 79.7 Å². The van der Waals surface area contributed by atoms with Crippen molar-refractivity contribution in [1.29, 1.82) is 0 Å². The van der Waals surface area contributed by atoms with Crippen molar-refractivity contribution in [2.75, 3.05) is 39.3 Å². The second-order valence-electron chi connectivity index (χ2n) is 8.44. The molecule has 0 radical (unpaired) electrons. The average molecular weight is 414 g/mol. The molecule has 2 amide bonds. The molecule has 1 aliphatic heterocycles. The summed E-state index contributed by atoms with van der Waals surface area (Å²) in [5.74, 6) is -0.0677. The van der Waals surface area contributed by atoms with E-state index in [0.29, 0.717) is 25.2 Å². The number of ether oxygens (including phenoxy) is 1. The van der Waals surface area contributed by atoms with E-state index in [2.05, 4.69) is 15.2 Å². The van der Waals surface area contributed by atoms with Gasteiger partial charge >= 0.3 is 6.09 Å². The van der Waals surface area contributed by atoms with Crippen LogP contribution in [0.5, 0.6) is 0 Å². The molecule has 0 spiro atoms. The van der Waals surface area contributed by atoms with E-state index in [9.17, 15) is 9.59 Å². The minimum Gasteiger partial charge on any atom is -0.444 e. The minimum absolute atomic E-state index is 0.0677. The van der Waals surface area contributed by atoms with E-state index >= 15 is 0 Å². The third-order valence-electron chi connectivity index (χ3n) is 4.89. The van der Waals surface area contributed by atoms with Gasteiger partial charge in [0.15, 0.2) is 0 Å². The zero-order valence-corrected chi connectivity index (χ0v) is 18.0. The van der Waals surface area contributed by atoms with Gasteiger partial charge in [-0.25, -0.2) is 9.78 Å². The summed E-state index contributed by atoms with van der Waals surface area (Å²) in [4.78, 5) is 32.5. The van der Waals surface area contributed by atoms with E-state index in [0.717, 1.165) is 31.7 Å². The average Bonchev–Trinajstić information content (AvgIpc) is 3.25. The molecular formula is C22H31N5O3. The zero-order valence-electron chi connectivity index (χ0n) is 18.0. The zero-order chi connectivity index (χ0) is 21.6. The monoisotopic (exact) mass is 413 g/mol. The summed E-state index contributed by atoms with van der Waals surface area (Å²) in [7, 11) is 0. The highest BCUT2D eigenvalue weighted by Gasteiger charge is 2.25. The Labute approximate surface area is 177 Å². The summed E-state index contributed by atoms with van der Waals surface area (Å²) >= 11 is 0. The molecule has 8 nitrogen and oxygen atoms in total. The van der Waals surface area contributed by atoms with Gasteiger partial charge in [-0.15, -0.1) is 0 Å². The van der Waals surface area contributed by atoms with Gasteiger partial charge in [0.05, 0.1) is 6.33 Å². The number of hydrogen-bond acceptors (Lipinski definition) is 5. The first-order chi connectivity index (χ1) is 14.3. The highest BCUT2D eigenvalue weighted by molar-refractivity contribution is 5.94. The Kier molecular flexibility index (Phi) is 7.10. The van der Waals surface area contributed by atoms with Crippen LogP contribution in [-0.2, 0) is 4.74 Å². The van der Waals surface area contributed by atoms with Gasteiger partial charge in [0.1, 0.15) is 5.60 Å². The molecule has 30 heavy (non-hydrogen) atoms. The first kappa shape index (κ1) is 21.8. The predicted molar refractivity (Wildman–Crippen MR) is 115 cm³/mol. The molecule has 1 aromatic carbocycles. The Morgan fingerprint density at radius 3 is 2.40 bits per heavy atom. The van der Waals surface area contributed by atoms with Crippen LogP contribution in [0.2, 0.25) is 0 Å². The maximum atomic E-state index is 12.3. The van der Waals surface area contributed by atoms with Gasteiger partial charge < -0.3 is 19.5 Å². The van der Waals surface area contributed by atoms with Crippen molar-refractivity contribution in [1.82, 2.24) is 24.7 Å². The molecule has 162 valence electrons. The van der Waals surface area contributed by atoms with Crippen LogP contribution in [0.3, 0.4) is 0 Å². The van der Waals surface area contributed by atoms with E-state index in [-0.39, 0.29) is 12.0 Å². The highest BCUT2D eigenvalue weighted by Crippen LogP contribution is 2.12. The molecule has 0 atom stereocenters. The standard InChI is InChI=1S/C22H31N5O3/c1-22(2,3)30-21(29)26-15-13-25(14-16-26)11-4-9-24-20(28)18-5-7-19(8-6-18)27-12-10-23-17-27/h5-8,10,12,17H,4,9,11,13-16H2,1-3H3,(H,24,28). The normalized spacial score (nSPS) is 15.1. The molecule has 1 saturated heterocycles. The number of nitrogens with zero attached hydrogens (tertiary/aromatic N) is 4. The van der Waals surface area contributed by atoms with Gasteiger partial charge in [-0.3, -0.25) is 9.69 Å². The number of piperazine rings is 1. The summed E-state index contributed by atoms with van der Waals surface area (Å²) in [6.45, 7) is 10.1. The molecule has 0 saturated carbocycles. The van der Waals surface area contributed by atoms with E-state index in [1.54, 1.807) is 17.4 Å². The van der Waals surface area contributed by atoms with Crippen molar-refractivity contribution < 1.29 is 14.3 Å². The van der Waals surface area contributed by atoms with Crippen LogP contribution in [0.25, 0.3) is 5.69 Å². The number of rotatable bonds is 6. The van der Waals surface area contributed by atoms with Crippen LogP contribution < -0.4 is 5.32 Å². The number of nitrogens with one attached hydrogen (secondary N) is 1. The number of carbonyl (C=O) groups excluding carboxylic acids is 2. The van der Waals surface area contributed by atoms with Gasteiger partial charge in [0, 0.05) is 56.4 Å². The van der Waals surface area contributed by atoms with Crippen molar-refractivity contribution in [3.05, 3.63) is 48.5 Å². The molecular weight excluding hydrogens is 382 g/mol. The van der Waals surface area contributed by atoms with Crippen LogP contribution >= 0.6 is 0 Å². The minimum atomic E-state index is -0.466. The molecule has 0 aliphatic carbocycles. The maximum absolute atomic E-state index is 12.3. The molecule has 3 rings (SSSR count). The smallest absolute Gasteiger partial charge is 0.410 e. The number of benzene rings is 1. The molecule has 1 aromatic heterocycles. The van der Waals surface area contributed by atoms with Crippen molar-refractivity contribution in [2.45, 2.75) is 32.8 Å². The fourth-order valence-corrected chi connectivity index (χ4v) is 3.28. The highest BCUT2D eigenvalue weighted by atomic mass is 16.6. The van der Waals surface area contributed by atoms with Crippen LogP contribution in [0, 0.1) is 0 Å². The summed E-state index contributed by atoms with van der Waals surface area (Å²) < 4.78 is 7.32. The lowest BCUT2D eigenvalue weighted by Gasteiger charge is -2.35. The van der Waals surface area contributed by atoms with Gasteiger partial charge in [-0.1, -0.05) is 0 Å². The summed E-state index contributed by atoms with van der Waals surface area (Å²) in [5.41, 5.74) is 1.14. The summed E-state index contributed by atoms with van der Waals surface area (Å²) in [5, 5.41) is 2.98. The summed E-state index contributed by atoms with van der Waals surface area (Å²) in [6, 6.07) is 7.45. The number of carbonyl (C=O) groups is 2. The Hall–Kier alpha value is -2.87. The predicted octanol–water partition coefficient (Wildman–Crippen LogP) is 2.54. The second-order valence-corrected chi connectivity index (χ2v) is 8.44. The lowest BCUT2D eigenvalue weighted by Crippen LogP contribution is -2.50. The molecule has 1 aliphatic rings. The molecule has 1 fully saturated rings. The molecule has 8 heteroatoms. The van der Waals surface area contributed by atoms with Gasteiger partial charge in [0.2, 0.25) is 0 Å². The molecule has 0 bridgehead atoms. The molecule has 2 aromatic rings. The number of aromatic nitrogens is 2. The largest absolute Gasteiger partial charge is 0.444 e. The Morgan fingerprint density at radius 2 is 1.80 bits per heavy atom. The Bertz CT molecular complexity index is 819. The third kappa shape index (κ3) is 6.32. The Balaban J connectivity index is 1.33. The van der Waals surface area contributed by atoms with Gasteiger partial charge in [-0.05, 0) is 58.0 Å². The number of imidazole rings is 1. The van der Waals surface area contributed by atoms with Crippen molar-refractivity contribution in [3.63, 3.8) is 0 Å². The summed E-state index contributed by atoms with van der Waals surface area (Å²) in [6.07, 6.45) is 5.93. The quantitative estimate of drug-likeness (QED) is 0.737. The van der Waals surface area contributed by atoms with Crippen LogP contribution in [0.15, 0.2) is 43.0 Å². The lowest BCUT2D eigenvalue weighted by molar-refractivity contribution is 0.0144. The van der Waals surface area contributed by atoms with Crippen LogP contribution in [-0.4, -0.2) is 76.2 Å². The molecule has 0 unspecified atom stereocenters. The van der Waals surface area contributed by atoms with Crippen LogP contribution in [0.1, 0.15) is 37.6 Å². The van der Waals surface area contributed by atoms with Gasteiger partial charge in [-0.2, -0.15) is 0 Å². The van der Waals surface area contributed by atoms with Crippen molar-refractivity contribution in [3.8, 4) is 5.69 Å². The SMILES string of the molecule is CC(C)(C)OC(=O)N1CCN(CCCNC(=O)c2ccc(-n3ccnc3)cc2)CC1. The number of hydrogen-bond donors (Lipinski definition) is 1. The van der Waals surface area contributed by atoms with E-state index < -0.39 is 5.60 Å². The fraction of sp³-hybridized carbons (Fsp3) is 0.500. The number of amides is 2. The fourth-order valence-electron chi connectivity index (χ4n) is 3.28. The first-order valence-corrected chi connectivity index (χ1v) is 10.4. The van der Waals surface area contributed by atoms with Crippen molar-refractivity contribution in [2.24, 2.45) is 0 Å². The third-order valence-corrected chi connectivity index (χ3v) is 4.89. The molecule has 1 N–H and O–H groups in total.